The highest BCUT2D eigenvalue weighted by atomic mass is 14.9. The smallest absolute Gasteiger partial charge is 0.128 e. The average Bonchev–Trinajstić information content (AvgIpc) is 2.68. The van der Waals surface area contributed by atoms with Crippen molar-refractivity contribution in [3.8, 4) is 0 Å². The highest BCUT2D eigenvalue weighted by Gasteiger charge is 2.25. The van der Waals surface area contributed by atoms with E-state index in [1.165, 1.54) is 49.7 Å². The largest absolute Gasteiger partial charge is 0.383 e. The SMILES string of the molecule is CCNC(c1cc(C)cnc1N)C1CCCCCC1. The number of hydrogen-bond donors (Lipinski definition) is 2. The summed E-state index contributed by atoms with van der Waals surface area (Å²) in [5.74, 6) is 1.40. The molecule has 1 aliphatic rings. The maximum Gasteiger partial charge on any atom is 0.128 e. The highest BCUT2D eigenvalue weighted by Crippen LogP contribution is 2.35. The van der Waals surface area contributed by atoms with Gasteiger partial charge in [0.15, 0.2) is 0 Å². The normalized spacial score (nSPS) is 19.1. The van der Waals surface area contributed by atoms with Crippen LogP contribution in [-0.4, -0.2) is 11.5 Å². The lowest BCUT2D eigenvalue weighted by atomic mass is 9.87. The zero-order valence-electron chi connectivity index (χ0n) is 12.3. The Bertz CT molecular complexity index is 395. The van der Waals surface area contributed by atoms with Crippen LogP contribution in [0.1, 0.15) is 62.6 Å². The third kappa shape index (κ3) is 3.69. The summed E-state index contributed by atoms with van der Waals surface area (Å²) in [4.78, 5) is 4.34. The zero-order chi connectivity index (χ0) is 13.7. The van der Waals surface area contributed by atoms with Gasteiger partial charge in [-0.05, 0) is 43.9 Å². The Morgan fingerprint density at radius 2 is 2.00 bits per heavy atom. The molecule has 1 aromatic heterocycles. The number of nitrogens with two attached hydrogens (primary N) is 1. The molecular weight excluding hydrogens is 234 g/mol. The molecule has 1 saturated carbocycles. The number of rotatable bonds is 4. The van der Waals surface area contributed by atoms with Crippen molar-refractivity contribution in [1.29, 1.82) is 0 Å². The van der Waals surface area contributed by atoms with Crippen molar-refractivity contribution in [2.45, 2.75) is 58.4 Å². The molecule has 0 bridgehead atoms. The summed E-state index contributed by atoms with van der Waals surface area (Å²) in [7, 11) is 0. The molecule has 3 N–H and O–H groups in total. The summed E-state index contributed by atoms with van der Waals surface area (Å²) in [6.07, 6.45) is 9.95. The fourth-order valence-electron chi connectivity index (χ4n) is 3.25. The number of pyridine rings is 1. The highest BCUT2D eigenvalue weighted by molar-refractivity contribution is 5.43. The van der Waals surface area contributed by atoms with Crippen molar-refractivity contribution >= 4 is 5.82 Å². The molecular formula is C16H27N3. The van der Waals surface area contributed by atoms with Crippen molar-refractivity contribution < 1.29 is 0 Å². The number of anilines is 1. The van der Waals surface area contributed by atoms with Crippen LogP contribution in [0, 0.1) is 12.8 Å². The minimum Gasteiger partial charge on any atom is -0.383 e. The second kappa shape index (κ2) is 6.90. The molecule has 1 unspecified atom stereocenters. The first-order chi connectivity index (χ1) is 9.22. The zero-order valence-corrected chi connectivity index (χ0v) is 12.3. The van der Waals surface area contributed by atoms with Crippen LogP contribution in [0.4, 0.5) is 5.82 Å². The monoisotopic (exact) mass is 261 g/mol. The van der Waals surface area contributed by atoms with Gasteiger partial charge in [-0.2, -0.15) is 0 Å². The van der Waals surface area contributed by atoms with Crippen molar-refractivity contribution in [2.24, 2.45) is 5.92 Å². The first kappa shape index (κ1) is 14.3. The Balaban J connectivity index is 2.24. The molecule has 0 saturated heterocycles. The number of aromatic nitrogens is 1. The minimum absolute atomic E-state index is 0.371. The molecule has 0 radical (unpaired) electrons. The van der Waals surface area contributed by atoms with Crippen LogP contribution in [0.5, 0.6) is 0 Å². The molecule has 0 aliphatic heterocycles. The molecule has 0 amide bonds. The lowest BCUT2D eigenvalue weighted by Crippen LogP contribution is -2.29. The molecule has 0 spiro atoms. The van der Waals surface area contributed by atoms with Crippen LogP contribution >= 0.6 is 0 Å². The number of nitrogens with one attached hydrogen (secondary N) is 1. The fraction of sp³-hybridized carbons (Fsp3) is 0.688. The molecule has 19 heavy (non-hydrogen) atoms. The van der Waals surface area contributed by atoms with Gasteiger partial charge in [-0.3, -0.25) is 0 Å². The van der Waals surface area contributed by atoms with Gasteiger partial charge in [0.1, 0.15) is 5.82 Å². The van der Waals surface area contributed by atoms with Crippen LogP contribution in [0.15, 0.2) is 12.3 Å². The van der Waals surface area contributed by atoms with E-state index in [1.54, 1.807) is 0 Å². The Morgan fingerprint density at radius 3 is 2.63 bits per heavy atom. The third-order valence-corrected chi connectivity index (χ3v) is 4.22. The van der Waals surface area contributed by atoms with Crippen LogP contribution in [0.25, 0.3) is 0 Å². The van der Waals surface area contributed by atoms with Crippen LogP contribution < -0.4 is 11.1 Å². The summed E-state index contributed by atoms with van der Waals surface area (Å²) >= 11 is 0. The fourth-order valence-corrected chi connectivity index (χ4v) is 3.25. The topological polar surface area (TPSA) is 50.9 Å². The van der Waals surface area contributed by atoms with E-state index in [2.05, 4.69) is 30.2 Å². The molecule has 0 aromatic carbocycles. The summed E-state index contributed by atoms with van der Waals surface area (Å²) in [5.41, 5.74) is 8.51. The molecule has 1 heterocycles. The van der Waals surface area contributed by atoms with Gasteiger partial charge in [-0.1, -0.05) is 32.6 Å². The molecule has 2 rings (SSSR count). The van der Waals surface area contributed by atoms with Crippen molar-refractivity contribution in [1.82, 2.24) is 10.3 Å². The predicted octanol–water partition coefficient (Wildman–Crippen LogP) is 3.59. The average molecular weight is 261 g/mol. The van der Waals surface area contributed by atoms with Crippen molar-refractivity contribution in [3.63, 3.8) is 0 Å². The maximum absolute atomic E-state index is 6.12. The first-order valence-corrected chi connectivity index (χ1v) is 7.67. The number of nitrogens with zero attached hydrogens (tertiary/aromatic N) is 1. The van der Waals surface area contributed by atoms with Crippen LogP contribution in [-0.2, 0) is 0 Å². The molecule has 3 heteroatoms. The van der Waals surface area contributed by atoms with E-state index in [-0.39, 0.29) is 0 Å². The molecule has 1 aliphatic carbocycles. The standard InChI is InChI=1S/C16H27N3/c1-3-18-15(13-8-6-4-5-7-9-13)14-10-12(2)11-19-16(14)17/h10-11,13,15,18H,3-9H2,1-2H3,(H2,17,19). The van der Waals surface area contributed by atoms with E-state index in [0.717, 1.165) is 6.54 Å². The van der Waals surface area contributed by atoms with E-state index in [9.17, 15) is 0 Å². The van der Waals surface area contributed by atoms with Gasteiger partial charge in [-0.25, -0.2) is 4.98 Å². The number of hydrogen-bond acceptors (Lipinski definition) is 3. The quantitative estimate of drug-likeness (QED) is 0.814. The summed E-state index contributed by atoms with van der Waals surface area (Å²) in [6.45, 7) is 5.24. The van der Waals surface area contributed by atoms with E-state index in [0.29, 0.717) is 17.8 Å². The third-order valence-electron chi connectivity index (χ3n) is 4.22. The molecule has 1 fully saturated rings. The van der Waals surface area contributed by atoms with Gasteiger partial charge in [0.2, 0.25) is 0 Å². The van der Waals surface area contributed by atoms with E-state index in [1.807, 2.05) is 6.20 Å². The molecule has 106 valence electrons. The Labute approximate surface area is 117 Å². The summed E-state index contributed by atoms with van der Waals surface area (Å²) < 4.78 is 0. The van der Waals surface area contributed by atoms with Crippen LogP contribution in [0.3, 0.4) is 0 Å². The van der Waals surface area contributed by atoms with Gasteiger partial charge >= 0.3 is 0 Å². The number of nitrogen functional groups attached to an aromatic ring is 1. The lowest BCUT2D eigenvalue weighted by molar-refractivity contribution is 0.330. The molecule has 1 atom stereocenters. The lowest BCUT2D eigenvalue weighted by Gasteiger charge is -2.28. The molecule has 1 aromatic rings. The second-order valence-corrected chi connectivity index (χ2v) is 5.77. The van der Waals surface area contributed by atoms with Crippen molar-refractivity contribution in [2.75, 3.05) is 12.3 Å². The maximum atomic E-state index is 6.12. The second-order valence-electron chi connectivity index (χ2n) is 5.77. The van der Waals surface area contributed by atoms with Crippen LogP contribution in [0.2, 0.25) is 0 Å². The predicted molar refractivity (Wildman–Crippen MR) is 81.0 cm³/mol. The summed E-state index contributed by atoms with van der Waals surface area (Å²) in [6, 6.07) is 2.58. The number of aryl methyl sites for hydroxylation is 1. The van der Waals surface area contributed by atoms with E-state index in [4.69, 9.17) is 5.73 Å². The van der Waals surface area contributed by atoms with Gasteiger partial charge in [0, 0.05) is 17.8 Å². The van der Waals surface area contributed by atoms with Gasteiger partial charge in [0.25, 0.3) is 0 Å². The first-order valence-electron chi connectivity index (χ1n) is 7.67. The van der Waals surface area contributed by atoms with Crippen molar-refractivity contribution in [3.05, 3.63) is 23.4 Å². The van der Waals surface area contributed by atoms with Gasteiger partial charge < -0.3 is 11.1 Å². The Hall–Kier alpha value is -1.09. The van der Waals surface area contributed by atoms with Gasteiger partial charge in [-0.15, -0.1) is 0 Å². The van der Waals surface area contributed by atoms with E-state index < -0.39 is 0 Å². The minimum atomic E-state index is 0.371. The summed E-state index contributed by atoms with van der Waals surface area (Å²) in [5, 5.41) is 3.64. The van der Waals surface area contributed by atoms with E-state index >= 15 is 0 Å². The molecule has 3 nitrogen and oxygen atoms in total. The Kier molecular flexibility index (Phi) is 5.20. The Morgan fingerprint density at radius 1 is 1.32 bits per heavy atom. The van der Waals surface area contributed by atoms with Gasteiger partial charge in [0.05, 0.1) is 0 Å².